The van der Waals surface area contributed by atoms with Gasteiger partial charge in [0.1, 0.15) is 0 Å². The Hall–Kier alpha value is -0.0500. The number of esters is 1. The lowest BCUT2D eigenvalue weighted by Crippen LogP contribution is -2.24. The van der Waals surface area contributed by atoms with Gasteiger partial charge < -0.3 is 4.74 Å². The molecule has 2 nitrogen and oxygen atoms in total. The molecule has 0 spiro atoms. The molecule has 0 heterocycles. The highest BCUT2D eigenvalue weighted by Gasteiger charge is 2.26. The Morgan fingerprint density at radius 3 is 2.45 bits per heavy atom. The summed E-state index contributed by atoms with van der Waals surface area (Å²) in [5, 5.41) is 1.04. The van der Waals surface area contributed by atoms with Gasteiger partial charge in [-0.25, -0.2) is 0 Å². The van der Waals surface area contributed by atoms with Gasteiger partial charge in [-0.15, -0.1) is 0 Å². The van der Waals surface area contributed by atoms with E-state index in [0.717, 1.165) is 36.9 Å². The first-order valence-electron chi connectivity index (χ1n) is 8.50. The van der Waals surface area contributed by atoms with Gasteiger partial charge in [-0.3, -0.25) is 4.79 Å². The number of rotatable bonds is 10. The van der Waals surface area contributed by atoms with Crippen molar-refractivity contribution in [1.82, 2.24) is 0 Å². The minimum atomic E-state index is 0.0656. The Morgan fingerprint density at radius 1 is 1.05 bits per heavy atom. The molecule has 1 fully saturated rings. The van der Waals surface area contributed by atoms with Crippen LogP contribution in [0.3, 0.4) is 0 Å². The molecule has 1 saturated carbocycles. The summed E-state index contributed by atoms with van der Waals surface area (Å²) in [4.78, 5) is 12.0. The first kappa shape index (κ1) is 18.0. The summed E-state index contributed by atoms with van der Waals surface area (Å²) in [5.41, 5.74) is 0. The summed E-state index contributed by atoms with van der Waals surface area (Å²) in [6, 6.07) is 0. The maximum absolute atomic E-state index is 12.0. The van der Waals surface area contributed by atoms with Crippen LogP contribution in [-0.4, -0.2) is 17.9 Å². The van der Waals surface area contributed by atoms with E-state index in [2.05, 4.69) is 22.9 Å². The summed E-state index contributed by atoms with van der Waals surface area (Å²) in [5.74, 6) is 1.12. The molecule has 0 unspecified atom stereocenters. The minimum Gasteiger partial charge on any atom is -0.465 e. The summed E-state index contributed by atoms with van der Waals surface area (Å²) >= 11 is 3.41. The van der Waals surface area contributed by atoms with Gasteiger partial charge >= 0.3 is 5.97 Å². The van der Waals surface area contributed by atoms with E-state index in [9.17, 15) is 4.79 Å². The van der Waals surface area contributed by atoms with Gasteiger partial charge in [0.15, 0.2) is 0 Å². The summed E-state index contributed by atoms with van der Waals surface area (Å²) in [7, 11) is 0. The van der Waals surface area contributed by atoms with E-state index in [0.29, 0.717) is 6.61 Å². The van der Waals surface area contributed by atoms with Crippen molar-refractivity contribution in [1.29, 1.82) is 0 Å². The van der Waals surface area contributed by atoms with Gasteiger partial charge in [-0.2, -0.15) is 0 Å². The summed E-state index contributed by atoms with van der Waals surface area (Å²) in [6.07, 6.45) is 13.3. The van der Waals surface area contributed by atoms with Crippen molar-refractivity contribution in [2.45, 2.75) is 77.6 Å². The fraction of sp³-hybridized carbons (Fsp3) is 0.941. The molecule has 0 bridgehead atoms. The lowest BCUT2D eigenvalue weighted by atomic mass is 9.80. The van der Waals surface area contributed by atoms with Gasteiger partial charge in [0.2, 0.25) is 0 Å². The highest BCUT2D eigenvalue weighted by atomic mass is 79.9. The van der Waals surface area contributed by atoms with Crippen LogP contribution < -0.4 is 0 Å². The maximum Gasteiger partial charge on any atom is 0.308 e. The first-order valence-corrected chi connectivity index (χ1v) is 9.62. The molecule has 0 N–H and O–H groups in total. The molecule has 0 aliphatic heterocycles. The topological polar surface area (TPSA) is 26.3 Å². The number of alkyl halides is 1. The predicted octanol–water partition coefficient (Wildman–Crippen LogP) is 5.48. The summed E-state index contributed by atoms with van der Waals surface area (Å²) < 4.78 is 5.41. The van der Waals surface area contributed by atoms with Gasteiger partial charge in [0.05, 0.1) is 12.5 Å². The van der Waals surface area contributed by atoms with Crippen molar-refractivity contribution in [3.05, 3.63) is 0 Å². The fourth-order valence-corrected chi connectivity index (χ4v) is 3.43. The van der Waals surface area contributed by atoms with Crippen LogP contribution in [0, 0.1) is 11.8 Å². The van der Waals surface area contributed by atoms with E-state index < -0.39 is 0 Å². The number of hydrogen-bond acceptors (Lipinski definition) is 2. The number of ether oxygens (including phenoxy) is 1. The lowest BCUT2D eigenvalue weighted by molar-refractivity contribution is -0.150. The molecule has 1 rings (SSSR count). The molecule has 118 valence electrons. The Balaban J connectivity index is 2.06. The highest BCUT2D eigenvalue weighted by molar-refractivity contribution is 9.09. The van der Waals surface area contributed by atoms with Crippen LogP contribution in [0.5, 0.6) is 0 Å². The quantitative estimate of drug-likeness (QED) is 0.297. The van der Waals surface area contributed by atoms with Crippen molar-refractivity contribution < 1.29 is 9.53 Å². The second-order valence-electron chi connectivity index (χ2n) is 6.13. The molecular weight excluding hydrogens is 316 g/mol. The molecule has 0 radical (unpaired) electrons. The molecule has 20 heavy (non-hydrogen) atoms. The van der Waals surface area contributed by atoms with Crippen molar-refractivity contribution in [2.24, 2.45) is 11.8 Å². The number of unbranched alkanes of at least 4 members (excludes halogenated alkanes) is 4. The third kappa shape index (κ3) is 7.66. The largest absolute Gasteiger partial charge is 0.465 e. The number of carbonyl (C=O) groups excluding carboxylic acids is 1. The molecule has 0 aromatic rings. The number of hydrogen-bond donors (Lipinski definition) is 0. The molecule has 1 aliphatic rings. The average molecular weight is 347 g/mol. The fourth-order valence-electron chi connectivity index (χ4n) is 3.03. The van der Waals surface area contributed by atoms with E-state index in [4.69, 9.17) is 4.74 Å². The third-order valence-electron chi connectivity index (χ3n) is 4.42. The normalized spacial score (nSPS) is 22.7. The Morgan fingerprint density at radius 2 is 1.80 bits per heavy atom. The van der Waals surface area contributed by atoms with E-state index in [1.165, 1.54) is 44.9 Å². The molecule has 0 aromatic carbocycles. The second kappa shape index (κ2) is 11.6. The Kier molecular flexibility index (Phi) is 10.4. The lowest BCUT2D eigenvalue weighted by Gasteiger charge is -2.27. The zero-order valence-corrected chi connectivity index (χ0v) is 14.6. The molecular formula is C17H31BrO2. The average Bonchev–Trinajstić information content (AvgIpc) is 2.48. The van der Waals surface area contributed by atoms with E-state index in [1.807, 2.05) is 0 Å². The zero-order chi connectivity index (χ0) is 14.6. The predicted molar refractivity (Wildman–Crippen MR) is 88.2 cm³/mol. The van der Waals surface area contributed by atoms with Crippen LogP contribution >= 0.6 is 15.9 Å². The number of halogens is 1. The monoisotopic (exact) mass is 346 g/mol. The van der Waals surface area contributed by atoms with Crippen LogP contribution in [0.15, 0.2) is 0 Å². The van der Waals surface area contributed by atoms with Crippen LogP contribution in [0.25, 0.3) is 0 Å². The van der Waals surface area contributed by atoms with Gasteiger partial charge in [-0.05, 0) is 50.9 Å². The summed E-state index contributed by atoms with van der Waals surface area (Å²) in [6.45, 7) is 2.87. The van der Waals surface area contributed by atoms with Crippen molar-refractivity contribution in [2.75, 3.05) is 11.9 Å². The molecule has 0 atom stereocenters. The Labute approximate surface area is 133 Å². The van der Waals surface area contributed by atoms with Gasteiger partial charge in [-0.1, -0.05) is 48.5 Å². The smallest absolute Gasteiger partial charge is 0.308 e. The molecule has 0 aromatic heterocycles. The van der Waals surface area contributed by atoms with Crippen molar-refractivity contribution in [3.63, 3.8) is 0 Å². The molecule has 1 aliphatic carbocycles. The van der Waals surface area contributed by atoms with Gasteiger partial charge in [0, 0.05) is 5.33 Å². The van der Waals surface area contributed by atoms with Crippen molar-refractivity contribution >= 4 is 21.9 Å². The Bertz CT molecular complexity index is 247. The van der Waals surface area contributed by atoms with Crippen LogP contribution in [0.4, 0.5) is 0 Å². The van der Waals surface area contributed by atoms with Crippen LogP contribution in [0.2, 0.25) is 0 Å². The highest BCUT2D eigenvalue weighted by Crippen LogP contribution is 2.32. The van der Waals surface area contributed by atoms with Gasteiger partial charge in [0.25, 0.3) is 0 Å². The van der Waals surface area contributed by atoms with Crippen molar-refractivity contribution in [3.8, 4) is 0 Å². The zero-order valence-electron chi connectivity index (χ0n) is 13.0. The second-order valence-corrected chi connectivity index (χ2v) is 6.92. The molecule has 3 heteroatoms. The van der Waals surface area contributed by atoms with Crippen LogP contribution in [0.1, 0.15) is 77.6 Å². The number of carbonyl (C=O) groups is 1. The first-order chi connectivity index (χ1) is 9.77. The molecule has 0 saturated heterocycles. The maximum atomic E-state index is 12.0. The van der Waals surface area contributed by atoms with Crippen LogP contribution in [-0.2, 0) is 9.53 Å². The minimum absolute atomic E-state index is 0.0656. The van der Waals surface area contributed by atoms with E-state index >= 15 is 0 Å². The van der Waals surface area contributed by atoms with E-state index in [1.54, 1.807) is 0 Å². The van der Waals surface area contributed by atoms with E-state index in [-0.39, 0.29) is 11.9 Å². The third-order valence-corrected chi connectivity index (χ3v) is 4.98. The standard InChI is InChI=1S/C17H31BrO2/c1-2-3-5-8-15-9-11-16(12-10-15)17(19)20-14-7-4-6-13-18/h15-16H,2-14H2,1H3. The molecule has 0 amide bonds. The SMILES string of the molecule is CCCCCC1CCC(C(=O)OCCCCCBr)CC1.